The van der Waals surface area contributed by atoms with Crippen LogP contribution in [0.15, 0.2) is 60.8 Å². The molecule has 0 aliphatic carbocycles. The number of nitrogens with one attached hydrogen (secondary N) is 2. The van der Waals surface area contributed by atoms with Crippen LogP contribution in [0, 0.1) is 20.8 Å². The number of carbonyl (C=O) groups is 2. The van der Waals surface area contributed by atoms with E-state index in [2.05, 4.69) is 15.6 Å². The van der Waals surface area contributed by atoms with Gasteiger partial charge in [0, 0.05) is 17.4 Å². The van der Waals surface area contributed by atoms with Crippen LogP contribution >= 0.6 is 0 Å². The molecular formula is C24H25N3O2. The number of carbonyl (C=O) groups excluding carboxylic acids is 2. The van der Waals surface area contributed by atoms with E-state index in [0.717, 1.165) is 27.9 Å². The van der Waals surface area contributed by atoms with E-state index in [1.807, 2.05) is 70.2 Å². The maximum absolute atomic E-state index is 12.8. The summed E-state index contributed by atoms with van der Waals surface area (Å²) in [7, 11) is 0. The van der Waals surface area contributed by atoms with Crippen molar-refractivity contribution in [2.45, 2.75) is 33.7 Å². The summed E-state index contributed by atoms with van der Waals surface area (Å²) < 4.78 is 0. The van der Waals surface area contributed by atoms with Gasteiger partial charge in [0.05, 0.1) is 6.04 Å². The van der Waals surface area contributed by atoms with Crippen LogP contribution < -0.4 is 10.6 Å². The largest absolute Gasteiger partial charge is 0.344 e. The van der Waals surface area contributed by atoms with Gasteiger partial charge in [-0.05, 0) is 56.5 Å². The van der Waals surface area contributed by atoms with E-state index in [0.29, 0.717) is 5.56 Å². The van der Waals surface area contributed by atoms with Crippen LogP contribution in [-0.2, 0) is 0 Å². The SMILES string of the molecule is Cc1cc(C)c(NC(=O)c2ccnc(C(=O)NC(C)c3ccccc3)c2)c(C)c1. The number of anilines is 1. The number of amides is 2. The van der Waals surface area contributed by atoms with Gasteiger partial charge in [-0.1, -0.05) is 48.0 Å². The van der Waals surface area contributed by atoms with Gasteiger partial charge in [0.2, 0.25) is 0 Å². The summed E-state index contributed by atoms with van der Waals surface area (Å²) >= 11 is 0. The van der Waals surface area contributed by atoms with Gasteiger partial charge in [-0.2, -0.15) is 0 Å². The highest BCUT2D eigenvalue weighted by Gasteiger charge is 2.16. The molecule has 0 fully saturated rings. The molecule has 3 rings (SSSR count). The highest BCUT2D eigenvalue weighted by atomic mass is 16.2. The predicted molar refractivity (Wildman–Crippen MR) is 115 cm³/mol. The van der Waals surface area contributed by atoms with Gasteiger partial charge >= 0.3 is 0 Å². The first-order valence-corrected chi connectivity index (χ1v) is 9.56. The Balaban J connectivity index is 1.75. The van der Waals surface area contributed by atoms with Gasteiger partial charge in [0.25, 0.3) is 11.8 Å². The summed E-state index contributed by atoms with van der Waals surface area (Å²) in [5.74, 6) is -0.591. The zero-order chi connectivity index (χ0) is 21.0. The molecule has 0 bridgehead atoms. The summed E-state index contributed by atoms with van der Waals surface area (Å²) in [6.07, 6.45) is 1.48. The second kappa shape index (κ2) is 8.69. The minimum atomic E-state index is -0.321. The molecule has 148 valence electrons. The Morgan fingerprint density at radius 3 is 2.21 bits per heavy atom. The van der Waals surface area contributed by atoms with Gasteiger partial charge in [-0.3, -0.25) is 14.6 Å². The van der Waals surface area contributed by atoms with Crippen molar-refractivity contribution in [1.82, 2.24) is 10.3 Å². The lowest BCUT2D eigenvalue weighted by Crippen LogP contribution is -2.27. The van der Waals surface area contributed by atoms with Crippen LogP contribution in [0.5, 0.6) is 0 Å². The highest BCUT2D eigenvalue weighted by Crippen LogP contribution is 2.22. The Labute approximate surface area is 171 Å². The number of aryl methyl sites for hydroxylation is 3. The number of nitrogens with zero attached hydrogens (tertiary/aromatic N) is 1. The van der Waals surface area contributed by atoms with Crippen molar-refractivity contribution in [3.8, 4) is 0 Å². The summed E-state index contributed by atoms with van der Waals surface area (Å²) in [6, 6.07) is 16.7. The Hall–Kier alpha value is -3.47. The smallest absolute Gasteiger partial charge is 0.270 e. The Kier molecular flexibility index (Phi) is 6.07. The Morgan fingerprint density at radius 2 is 1.55 bits per heavy atom. The fraction of sp³-hybridized carbons (Fsp3) is 0.208. The van der Waals surface area contributed by atoms with E-state index in [4.69, 9.17) is 0 Å². The maximum atomic E-state index is 12.8. The standard InChI is InChI=1S/C24H25N3O2/c1-15-12-16(2)22(17(3)13-15)27-23(28)20-10-11-25-21(14-20)24(29)26-18(4)19-8-6-5-7-9-19/h5-14,18H,1-4H3,(H,26,29)(H,27,28). The Morgan fingerprint density at radius 1 is 0.897 bits per heavy atom. The molecule has 0 saturated carbocycles. The van der Waals surface area contributed by atoms with E-state index in [1.165, 1.54) is 12.3 Å². The molecule has 0 aliphatic heterocycles. The summed E-state index contributed by atoms with van der Waals surface area (Å²) in [5.41, 5.74) is 5.53. The molecule has 5 nitrogen and oxygen atoms in total. The lowest BCUT2D eigenvalue weighted by molar-refractivity contribution is 0.0935. The summed E-state index contributed by atoms with van der Waals surface area (Å²) in [4.78, 5) is 29.5. The van der Waals surface area contributed by atoms with Gasteiger partial charge in [0.15, 0.2) is 0 Å². The topological polar surface area (TPSA) is 71.1 Å². The molecule has 1 aromatic heterocycles. The fourth-order valence-electron chi connectivity index (χ4n) is 3.35. The molecule has 1 unspecified atom stereocenters. The lowest BCUT2D eigenvalue weighted by atomic mass is 10.0. The van der Waals surface area contributed by atoms with Crippen molar-refractivity contribution in [1.29, 1.82) is 0 Å². The zero-order valence-corrected chi connectivity index (χ0v) is 17.1. The molecule has 0 radical (unpaired) electrons. The third-order valence-electron chi connectivity index (χ3n) is 4.82. The number of benzene rings is 2. The molecule has 1 heterocycles. The molecule has 2 N–H and O–H groups in total. The van der Waals surface area contributed by atoms with E-state index in [9.17, 15) is 9.59 Å². The molecule has 1 atom stereocenters. The third-order valence-corrected chi connectivity index (χ3v) is 4.82. The van der Waals surface area contributed by atoms with E-state index in [1.54, 1.807) is 6.07 Å². The van der Waals surface area contributed by atoms with E-state index < -0.39 is 0 Å². The minimum Gasteiger partial charge on any atom is -0.344 e. The first-order chi connectivity index (χ1) is 13.8. The number of hydrogen-bond acceptors (Lipinski definition) is 3. The number of pyridine rings is 1. The third kappa shape index (κ3) is 4.88. The average Bonchev–Trinajstić information content (AvgIpc) is 2.71. The van der Waals surface area contributed by atoms with Gasteiger partial charge in [0.1, 0.15) is 5.69 Å². The van der Waals surface area contributed by atoms with Crippen LogP contribution in [0.4, 0.5) is 5.69 Å². The first kappa shape index (κ1) is 20.3. The van der Waals surface area contributed by atoms with E-state index in [-0.39, 0.29) is 23.6 Å². The van der Waals surface area contributed by atoms with Crippen molar-refractivity contribution >= 4 is 17.5 Å². The van der Waals surface area contributed by atoms with Gasteiger partial charge in [-0.15, -0.1) is 0 Å². The molecule has 5 heteroatoms. The maximum Gasteiger partial charge on any atom is 0.270 e. The van der Waals surface area contributed by atoms with Crippen LogP contribution in [0.2, 0.25) is 0 Å². The molecular weight excluding hydrogens is 362 g/mol. The van der Waals surface area contributed by atoms with Gasteiger partial charge in [-0.25, -0.2) is 0 Å². The molecule has 0 spiro atoms. The van der Waals surface area contributed by atoms with Crippen molar-refractivity contribution < 1.29 is 9.59 Å². The Bertz CT molecular complexity index is 1020. The van der Waals surface area contributed by atoms with Gasteiger partial charge < -0.3 is 10.6 Å². The van der Waals surface area contributed by atoms with Crippen molar-refractivity contribution in [3.05, 3.63) is 94.3 Å². The van der Waals surface area contributed by atoms with Crippen LogP contribution in [0.25, 0.3) is 0 Å². The average molecular weight is 387 g/mol. The molecule has 0 aliphatic rings. The number of rotatable bonds is 5. The van der Waals surface area contributed by atoms with Crippen LogP contribution in [-0.4, -0.2) is 16.8 Å². The molecule has 29 heavy (non-hydrogen) atoms. The van der Waals surface area contributed by atoms with Crippen molar-refractivity contribution in [2.24, 2.45) is 0 Å². The zero-order valence-electron chi connectivity index (χ0n) is 17.1. The van der Waals surface area contributed by atoms with Crippen LogP contribution in [0.1, 0.15) is 56.1 Å². The van der Waals surface area contributed by atoms with Crippen molar-refractivity contribution in [2.75, 3.05) is 5.32 Å². The monoisotopic (exact) mass is 387 g/mol. The number of hydrogen-bond donors (Lipinski definition) is 2. The number of aromatic nitrogens is 1. The van der Waals surface area contributed by atoms with Crippen LogP contribution in [0.3, 0.4) is 0 Å². The minimum absolute atomic E-state index is 0.166. The summed E-state index contributed by atoms with van der Waals surface area (Å²) in [6.45, 7) is 7.86. The normalized spacial score (nSPS) is 11.6. The fourth-order valence-corrected chi connectivity index (χ4v) is 3.35. The highest BCUT2D eigenvalue weighted by molar-refractivity contribution is 6.06. The molecule has 0 saturated heterocycles. The summed E-state index contributed by atoms with van der Waals surface area (Å²) in [5, 5.41) is 5.88. The quantitative estimate of drug-likeness (QED) is 0.664. The molecule has 2 amide bonds. The van der Waals surface area contributed by atoms with Crippen molar-refractivity contribution in [3.63, 3.8) is 0 Å². The predicted octanol–water partition coefficient (Wildman–Crippen LogP) is 4.75. The lowest BCUT2D eigenvalue weighted by Gasteiger charge is -2.15. The second-order valence-electron chi connectivity index (χ2n) is 7.26. The second-order valence-corrected chi connectivity index (χ2v) is 7.26. The van der Waals surface area contributed by atoms with E-state index >= 15 is 0 Å². The molecule has 2 aromatic carbocycles. The first-order valence-electron chi connectivity index (χ1n) is 9.56. The molecule has 3 aromatic rings.